The predicted molar refractivity (Wildman–Crippen MR) is 129 cm³/mol. The summed E-state index contributed by atoms with van der Waals surface area (Å²) in [6.45, 7) is 2.50. The molecule has 0 aliphatic rings. The standard InChI is InChI=1S/C23H21N3O4S2/c1-3-30-16-10-8-15(9-11-16)24-20(27)14-32-23-25-17-12-13-31-21(17)22(28)26(23)18-6-4-5-7-19(18)29-2/h4-13H,3,14H2,1-2H3,(H,24,27). The Hall–Kier alpha value is -3.30. The lowest BCUT2D eigenvalue weighted by atomic mass is 10.3. The monoisotopic (exact) mass is 467 g/mol. The first-order valence-electron chi connectivity index (χ1n) is 9.90. The Labute approximate surface area is 193 Å². The third kappa shape index (κ3) is 4.63. The number of rotatable bonds is 8. The number of fused-ring (bicyclic) bond motifs is 1. The predicted octanol–water partition coefficient (Wildman–Crippen LogP) is 4.59. The average Bonchev–Trinajstić information content (AvgIpc) is 3.28. The van der Waals surface area contributed by atoms with E-state index in [0.29, 0.717) is 39.1 Å². The van der Waals surface area contributed by atoms with Gasteiger partial charge in [-0.25, -0.2) is 4.98 Å². The second-order valence-electron chi connectivity index (χ2n) is 6.64. The number of methoxy groups -OCH3 is 1. The van der Waals surface area contributed by atoms with Gasteiger partial charge in [-0.2, -0.15) is 0 Å². The Morgan fingerprint density at radius 1 is 1.16 bits per heavy atom. The number of nitrogens with one attached hydrogen (secondary N) is 1. The molecule has 0 spiro atoms. The number of ether oxygens (including phenoxy) is 2. The molecule has 0 radical (unpaired) electrons. The number of anilines is 1. The number of hydrogen-bond donors (Lipinski definition) is 1. The molecule has 2 aromatic heterocycles. The number of thiophene rings is 1. The van der Waals surface area contributed by atoms with E-state index < -0.39 is 0 Å². The Bertz CT molecular complexity index is 1300. The lowest BCUT2D eigenvalue weighted by Crippen LogP contribution is -2.22. The zero-order chi connectivity index (χ0) is 22.5. The minimum atomic E-state index is -0.203. The van der Waals surface area contributed by atoms with Gasteiger partial charge < -0.3 is 14.8 Å². The highest BCUT2D eigenvalue weighted by atomic mass is 32.2. The number of carbonyl (C=O) groups excluding carboxylic acids is 1. The molecule has 1 N–H and O–H groups in total. The molecule has 2 aromatic carbocycles. The van der Waals surface area contributed by atoms with E-state index in [0.717, 1.165) is 5.75 Å². The van der Waals surface area contributed by atoms with Crippen molar-refractivity contribution < 1.29 is 14.3 Å². The molecule has 0 bridgehead atoms. The van der Waals surface area contributed by atoms with Crippen LogP contribution in [0, 0.1) is 0 Å². The van der Waals surface area contributed by atoms with Gasteiger partial charge in [0, 0.05) is 5.69 Å². The fraction of sp³-hybridized carbons (Fsp3) is 0.174. The molecule has 0 aliphatic heterocycles. The lowest BCUT2D eigenvalue weighted by Gasteiger charge is -2.14. The van der Waals surface area contributed by atoms with Crippen LogP contribution in [0.2, 0.25) is 0 Å². The van der Waals surface area contributed by atoms with Crippen LogP contribution in [0.25, 0.3) is 15.9 Å². The van der Waals surface area contributed by atoms with Crippen LogP contribution in [0.3, 0.4) is 0 Å². The van der Waals surface area contributed by atoms with Crippen LogP contribution in [-0.2, 0) is 4.79 Å². The molecule has 164 valence electrons. The van der Waals surface area contributed by atoms with E-state index in [1.807, 2.05) is 24.4 Å². The van der Waals surface area contributed by atoms with Crippen LogP contribution in [0.1, 0.15) is 6.92 Å². The number of nitrogens with zero attached hydrogens (tertiary/aromatic N) is 2. The summed E-state index contributed by atoms with van der Waals surface area (Å²) in [6.07, 6.45) is 0. The maximum absolute atomic E-state index is 13.3. The van der Waals surface area contributed by atoms with Crippen molar-refractivity contribution in [2.45, 2.75) is 12.1 Å². The SMILES string of the molecule is CCOc1ccc(NC(=O)CSc2nc3ccsc3c(=O)n2-c2ccccc2OC)cc1. The van der Waals surface area contributed by atoms with E-state index in [1.165, 1.54) is 27.7 Å². The van der Waals surface area contributed by atoms with Crippen molar-refractivity contribution >= 4 is 44.9 Å². The summed E-state index contributed by atoms with van der Waals surface area (Å²) >= 11 is 2.54. The molecule has 2 heterocycles. The summed E-state index contributed by atoms with van der Waals surface area (Å²) in [6, 6.07) is 16.2. The van der Waals surface area contributed by atoms with Crippen molar-refractivity contribution in [3.05, 3.63) is 70.3 Å². The van der Waals surface area contributed by atoms with Crippen LogP contribution >= 0.6 is 23.1 Å². The van der Waals surface area contributed by atoms with Crippen molar-refractivity contribution in [1.82, 2.24) is 9.55 Å². The normalized spacial score (nSPS) is 10.8. The topological polar surface area (TPSA) is 82.5 Å². The molecule has 32 heavy (non-hydrogen) atoms. The summed E-state index contributed by atoms with van der Waals surface area (Å²) in [7, 11) is 1.55. The minimum Gasteiger partial charge on any atom is -0.495 e. The molecule has 0 saturated heterocycles. The lowest BCUT2D eigenvalue weighted by molar-refractivity contribution is -0.113. The number of aromatic nitrogens is 2. The Morgan fingerprint density at radius 3 is 2.69 bits per heavy atom. The van der Waals surface area contributed by atoms with Crippen LogP contribution in [-0.4, -0.2) is 34.9 Å². The molecule has 0 saturated carbocycles. The third-order valence-electron chi connectivity index (χ3n) is 4.56. The van der Waals surface area contributed by atoms with Crippen LogP contribution in [0.4, 0.5) is 5.69 Å². The van der Waals surface area contributed by atoms with Gasteiger partial charge in [0.2, 0.25) is 5.91 Å². The molecule has 1 amide bonds. The molecule has 4 rings (SSSR count). The Morgan fingerprint density at radius 2 is 1.94 bits per heavy atom. The van der Waals surface area contributed by atoms with Gasteiger partial charge in [-0.1, -0.05) is 23.9 Å². The summed E-state index contributed by atoms with van der Waals surface area (Å²) in [4.78, 5) is 30.5. The molecule has 9 heteroatoms. The van der Waals surface area contributed by atoms with Gasteiger partial charge in [0.25, 0.3) is 5.56 Å². The van der Waals surface area contributed by atoms with Gasteiger partial charge in [-0.15, -0.1) is 11.3 Å². The van der Waals surface area contributed by atoms with E-state index in [9.17, 15) is 9.59 Å². The van der Waals surface area contributed by atoms with E-state index in [1.54, 1.807) is 49.6 Å². The molecule has 0 unspecified atom stereocenters. The first kappa shape index (κ1) is 21.9. The van der Waals surface area contributed by atoms with E-state index in [-0.39, 0.29) is 17.2 Å². The summed E-state index contributed by atoms with van der Waals surface area (Å²) in [5, 5.41) is 5.11. The molecule has 4 aromatic rings. The molecular formula is C23H21N3O4S2. The Balaban J connectivity index is 1.60. The van der Waals surface area contributed by atoms with Gasteiger partial charge in [0.15, 0.2) is 5.16 Å². The highest BCUT2D eigenvalue weighted by Gasteiger charge is 2.18. The molecule has 0 aliphatic carbocycles. The number of benzene rings is 2. The first-order chi connectivity index (χ1) is 15.6. The summed E-state index contributed by atoms with van der Waals surface area (Å²) < 4.78 is 12.9. The van der Waals surface area contributed by atoms with Gasteiger partial charge in [-0.05, 0) is 54.8 Å². The van der Waals surface area contributed by atoms with E-state index in [4.69, 9.17) is 9.47 Å². The summed E-state index contributed by atoms with van der Waals surface area (Å²) in [5.41, 5.74) is 1.67. The Kier molecular flexibility index (Phi) is 6.77. The fourth-order valence-corrected chi connectivity index (χ4v) is 4.71. The maximum atomic E-state index is 13.3. The number of carbonyl (C=O) groups is 1. The number of para-hydroxylation sites is 2. The molecular weight excluding hydrogens is 446 g/mol. The van der Waals surface area contributed by atoms with Gasteiger partial charge in [-0.3, -0.25) is 14.2 Å². The van der Waals surface area contributed by atoms with Crippen molar-refractivity contribution in [1.29, 1.82) is 0 Å². The number of amides is 1. The first-order valence-corrected chi connectivity index (χ1v) is 11.8. The van der Waals surface area contributed by atoms with E-state index in [2.05, 4.69) is 10.3 Å². The highest BCUT2D eigenvalue weighted by Crippen LogP contribution is 2.28. The zero-order valence-electron chi connectivity index (χ0n) is 17.5. The van der Waals surface area contributed by atoms with Crippen LogP contribution in [0.5, 0.6) is 11.5 Å². The van der Waals surface area contributed by atoms with Crippen LogP contribution < -0.4 is 20.3 Å². The smallest absolute Gasteiger partial charge is 0.276 e. The van der Waals surface area contributed by atoms with Crippen molar-refractivity contribution in [3.63, 3.8) is 0 Å². The van der Waals surface area contributed by atoms with Gasteiger partial charge in [0.1, 0.15) is 16.2 Å². The van der Waals surface area contributed by atoms with Gasteiger partial charge in [0.05, 0.1) is 30.7 Å². The zero-order valence-corrected chi connectivity index (χ0v) is 19.2. The van der Waals surface area contributed by atoms with Crippen molar-refractivity contribution in [3.8, 4) is 17.2 Å². The fourth-order valence-electron chi connectivity index (χ4n) is 3.14. The molecule has 0 fully saturated rings. The minimum absolute atomic E-state index is 0.0877. The third-order valence-corrected chi connectivity index (χ3v) is 6.39. The second kappa shape index (κ2) is 9.88. The maximum Gasteiger partial charge on any atom is 0.276 e. The van der Waals surface area contributed by atoms with Gasteiger partial charge >= 0.3 is 0 Å². The largest absolute Gasteiger partial charge is 0.495 e. The highest BCUT2D eigenvalue weighted by molar-refractivity contribution is 7.99. The molecule has 0 atom stereocenters. The van der Waals surface area contributed by atoms with Crippen molar-refractivity contribution in [2.75, 3.05) is 24.8 Å². The van der Waals surface area contributed by atoms with Crippen molar-refractivity contribution in [2.24, 2.45) is 0 Å². The molecule has 7 nitrogen and oxygen atoms in total. The average molecular weight is 468 g/mol. The quantitative estimate of drug-likeness (QED) is 0.302. The van der Waals surface area contributed by atoms with Crippen LogP contribution in [0.15, 0.2) is 69.9 Å². The van der Waals surface area contributed by atoms with E-state index >= 15 is 0 Å². The second-order valence-corrected chi connectivity index (χ2v) is 8.49. The number of thioether (sulfide) groups is 1. The summed E-state index contributed by atoms with van der Waals surface area (Å²) in [5.74, 6) is 1.18. The number of hydrogen-bond acceptors (Lipinski definition) is 7.